The van der Waals surface area contributed by atoms with Crippen molar-refractivity contribution in [3.05, 3.63) is 54.2 Å². The maximum absolute atomic E-state index is 12.7. The smallest absolute Gasteiger partial charge is 0.253 e. The first-order chi connectivity index (χ1) is 11.2. The summed E-state index contributed by atoms with van der Waals surface area (Å²) in [6, 6.07) is 7.81. The van der Waals surface area contributed by atoms with Crippen LogP contribution in [0.2, 0.25) is 0 Å². The molecule has 0 unspecified atom stereocenters. The Morgan fingerprint density at radius 3 is 3.26 bits per heavy atom. The summed E-state index contributed by atoms with van der Waals surface area (Å²) in [7, 11) is 1.89. The molecule has 1 atom stereocenters. The first-order valence-electron chi connectivity index (χ1n) is 8.03. The Bertz CT molecular complexity index is 847. The molecule has 0 fully saturated rings. The van der Waals surface area contributed by atoms with Crippen LogP contribution in [0.3, 0.4) is 0 Å². The minimum Gasteiger partial charge on any atom is -0.361 e. The molecule has 118 valence electrons. The molecule has 1 N–H and O–H groups in total. The summed E-state index contributed by atoms with van der Waals surface area (Å²) in [5.41, 5.74) is 1.81. The number of aromatic amines is 1. The molecule has 2 aromatic heterocycles. The molecule has 1 aliphatic rings. The maximum Gasteiger partial charge on any atom is 0.253 e. The second-order valence-corrected chi connectivity index (χ2v) is 6.36. The van der Waals surface area contributed by atoms with Crippen molar-refractivity contribution >= 4 is 16.8 Å². The molecule has 5 nitrogen and oxygen atoms in total. The number of carbonyl (C=O) groups excluding carboxylic acids is 1. The fourth-order valence-electron chi connectivity index (χ4n) is 3.45. The van der Waals surface area contributed by atoms with E-state index in [2.05, 4.69) is 14.5 Å². The number of rotatable bonds is 3. The Balaban J connectivity index is 1.46. The fourth-order valence-corrected chi connectivity index (χ4v) is 3.45. The Hall–Kier alpha value is -2.56. The van der Waals surface area contributed by atoms with Crippen molar-refractivity contribution in [2.45, 2.75) is 19.4 Å². The number of fused-ring (bicyclic) bond motifs is 2. The molecule has 5 heteroatoms. The molecule has 3 aromatic rings. The van der Waals surface area contributed by atoms with Crippen LogP contribution in [0.1, 0.15) is 22.6 Å². The summed E-state index contributed by atoms with van der Waals surface area (Å²) in [6.07, 6.45) is 7.83. The highest BCUT2D eigenvalue weighted by molar-refractivity contribution is 5.97. The van der Waals surface area contributed by atoms with Crippen LogP contribution in [0.4, 0.5) is 0 Å². The highest BCUT2D eigenvalue weighted by Crippen LogP contribution is 2.21. The maximum atomic E-state index is 12.7. The number of benzene rings is 1. The topological polar surface area (TPSA) is 53.9 Å². The minimum absolute atomic E-state index is 0.0852. The summed E-state index contributed by atoms with van der Waals surface area (Å²) in [5.74, 6) is 1.70. The molecule has 0 spiro atoms. The average Bonchev–Trinajstić information content (AvgIpc) is 3.21. The number of nitrogens with zero attached hydrogens (tertiary/aromatic N) is 3. The molecule has 0 saturated carbocycles. The van der Waals surface area contributed by atoms with Crippen molar-refractivity contribution in [3.8, 4) is 0 Å². The van der Waals surface area contributed by atoms with Crippen LogP contribution in [0.5, 0.6) is 0 Å². The molecule has 23 heavy (non-hydrogen) atoms. The second-order valence-electron chi connectivity index (χ2n) is 6.36. The zero-order valence-electron chi connectivity index (χ0n) is 13.2. The minimum atomic E-state index is 0.0852. The van der Waals surface area contributed by atoms with Crippen LogP contribution in [-0.2, 0) is 13.0 Å². The number of H-pyrrole nitrogens is 1. The molecule has 0 radical (unpaired) electrons. The van der Waals surface area contributed by atoms with E-state index in [0.717, 1.165) is 48.2 Å². The molecule has 0 bridgehead atoms. The summed E-state index contributed by atoms with van der Waals surface area (Å²) in [5, 5.41) is 1.07. The van der Waals surface area contributed by atoms with E-state index in [1.807, 2.05) is 54.8 Å². The molecule has 0 saturated heterocycles. The number of amides is 1. The molecule has 4 rings (SSSR count). The van der Waals surface area contributed by atoms with Crippen molar-refractivity contribution in [3.63, 3.8) is 0 Å². The van der Waals surface area contributed by atoms with Gasteiger partial charge in [0.05, 0.1) is 0 Å². The van der Waals surface area contributed by atoms with E-state index in [1.54, 1.807) is 0 Å². The lowest BCUT2D eigenvalue weighted by molar-refractivity contribution is 0.0764. The van der Waals surface area contributed by atoms with Gasteiger partial charge in [-0.1, -0.05) is 0 Å². The Kier molecular flexibility index (Phi) is 3.41. The lowest BCUT2D eigenvalue weighted by Crippen LogP contribution is -2.35. The number of hydrogen-bond acceptors (Lipinski definition) is 2. The van der Waals surface area contributed by atoms with E-state index < -0.39 is 0 Å². The predicted octanol–water partition coefficient (Wildman–Crippen LogP) is 2.70. The SMILES string of the molecule is CN(C[C@H]1CCn2ccnc2C1)C(=O)c1ccc2[nH]ccc2c1. The van der Waals surface area contributed by atoms with Crippen molar-refractivity contribution < 1.29 is 4.79 Å². The monoisotopic (exact) mass is 308 g/mol. The van der Waals surface area contributed by atoms with Gasteiger partial charge >= 0.3 is 0 Å². The largest absolute Gasteiger partial charge is 0.361 e. The van der Waals surface area contributed by atoms with Crippen molar-refractivity contribution in [2.75, 3.05) is 13.6 Å². The zero-order chi connectivity index (χ0) is 15.8. The van der Waals surface area contributed by atoms with Crippen molar-refractivity contribution in [1.82, 2.24) is 19.4 Å². The standard InChI is InChI=1S/C18H20N4O/c1-21(12-13-5-8-22-9-7-20-17(22)10-13)18(23)15-2-3-16-14(11-15)4-6-19-16/h2-4,6-7,9,11,13,19H,5,8,10,12H2,1H3/t13-/m0/s1. The van der Waals surface area contributed by atoms with Crippen LogP contribution < -0.4 is 0 Å². The van der Waals surface area contributed by atoms with Gasteiger partial charge in [0.2, 0.25) is 0 Å². The third-order valence-electron chi connectivity index (χ3n) is 4.73. The summed E-state index contributed by atoms with van der Waals surface area (Å²) >= 11 is 0. The molecule has 3 heterocycles. The molecule has 1 aromatic carbocycles. The number of hydrogen-bond donors (Lipinski definition) is 1. The normalized spacial score (nSPS) is 17.2. The highest BCUT2D eigenvalue weighted by atomic mass is 16.2. The number of nitrogens with one attached hydrogen (secondary N) is 1. The molecule has 0 aliphatic carbocycles. The molecular weight excluding hydrogens is 288 g/mol. The van der Waals surface area contributed by atoms with Gasteiger partial charge in [0, 0.05) is 61.6 Å². The first-order valence-corrected chi connectivity index (χ1v) is 8.03. The lowest BCUT2D eigenvalue weighted by atomic mass is 9.97. The molecule has 1 aliphatic heterocycles. The summed E-state index contributed by atoms with van der Waals surface area (Å²) in [6.45, 7) is 1.77. The first kappa shape index (κ1) is 14.1. The van der Waals surface area contributed by atoms with E-state index in [1.165, 1.54) is 0 Å². The summed E-state index contributed by atoms with van der Waals surface area (Å²) < 4.78 is 2.21. The number of aryl methyl sites for hydroxylation is 1. The van der Waals surface area contributed by atoms with Crippen LogP contribution in [0.25, 0.3) is 10.9 Å². The average molecular weight is 308 g/mol. The van der Waals surface area contributed by atoms with Gasteiger partial charge in [-0.25, -0.2) is 4.98 Å². The summed E-state index contributed by atoms with van der Waals surface area (Å²) in [4.78, 5) is 22.1. The number of imidazole rings is 1. The van der Waals surface area contributed by atoms with Gasteiger partial charge in [-0.15, -0.1) is 0 Å². The number of carbonyl (C=O) groups is 1. The Morgan fingerprint density at radius 2 is 2.35 bits per heavy atom. The van der Waals surface area contributed by atoms with Gasteiger partial charge in [-0.05, 0) is 36.6 Å². The van der Waals surface area contributed by atoms with Gasteiger partial charge in [0.25, 0.3) is 5.91 Å². The van der Waals surface area contributed by atoms with Gasteiger partial charge in [-0.2, -0.15) is 0 Å². The van der Waals surface area contributed by atoms with E-state index in [4.69, 9.17) is 0 Å². The van der Waals surface area contributed by atoms with Crippen LogP contribution in [-0.4, -0.2) is 38.9 Å². The predicted molar refractivity (Wildman–Crippen MR) is 89.3 cm³/mol. The lowest BCUT2D eigenvalue weighted by Gasteiger charge is -2.28. The van der Waals surface area contributed by atoms with Gasteiger partial charge in [-0.3, -0.25) is 4.79 Å². The van der Waals surface area contributed by atoms with Crippen LogP contribution in [0, 0.1) is 5.92 Å². The zero-order valence-corrected chi connectivity index (χ0v) is 13.2. The fraction of sp³-hybridized carbons (Fsp3) is 0.333. The quantitative estimate of drug-likeness (QED) is 0.809. The van der Waals surface area contributed by atoms with Gasteiger partial charge < -0.3 is 14.5 Å². The van der Waals surface area contributed by atoms with E-state index in [9.17, 15) is 4.79 Å². The Morgan fingerprint density at radius 1 is 1.43 bits per heavy atom. The third-order valence-corrected chi connectivity index (χ3v) is 4.73. The van der Waals surface area contributed by atoms with Crippen LogP contribution in [0.15, 0.2) is 42.9 Å². The highest BCUT2D eigenvalue weighted by Gasteiger charge is 2.22. The molecular formula is C18H20N4O. The van der Waals surface area contributed by atoms with Gasteiger partial charge in [0.15, 0.2) is 0 Å². The van der Waals surface area contributed by atoms with Crippen molar-refractivity contribution in [2.24, 2.45) is 5.92 Å². The van der Waals surface area contributed by atoms with E-state index in [-0.39, 0.29) is 5.91 Å². The Labute approximate surface area is 134 Å². The number of aromatic nitrogens is 3. The van der Waals surface area contributed by atoms with E-state index >= 15 is 0 Å². The second kappa shape index (κ2) is 5.57. The molecule has 1 amide bonds. The van der Waals surface area contributed by atoms with Crippen LogP contribution >= 0.6 is 0 Å². The van der Waals surface area contributed by atoms with Crippen molar-refractivity contribution in [1.29, 1.82) is 0 Å². The van der Waals surface area contributed by atoms with E-state index in [0.29, 0.717) is 5.92 Å². The van der Waals surface area contributed by atoms with Gasteiger partial charge in [0.1, 0.15) is 5.82 Å². The third kappa shape index (κ3) is 2.63.